The van der Waals surface area contributed by atoms with Crippen LogP contribution in [0.25, 0.3) is 0 Å². The molecule has 0 bridgehead atoms. The van der Waals surface area contributed by atoms with Crippen molar-refractivity contribution in [3.05, 3.63) is 34.8 Å². The lowest BCUT2D eigenvalue weighted by atomic mass is 10.2. The fourth-order valence-electron chi connectivity index (χ4n) is 1.23. The Balaban J connectivity index is 2.06. The lowest BCUT2D eigenvalue weighted by Gasteiger charge is -1.94. The second-order valence-corrected chi connectivity index (χ2v) is 4.18. The van der Waals surface area contributed by atoms with Crippen LogP contribution in [0.5, 0.6) is 0 Å². The molecule has 0 saturated carbocycles. The topological polar surface area (TPSA) is 64.8 Å². The van der Waals surface area contributed by atoms with Crippen LogP contribution in [0.1, 0.15) is 26.7 Å². The SMILES string of the molecule is Cn1cnc(C(=O)CC(=O)c2nccs2)c1. The summed E-state index contributed by atoms with van der Waals surface area (Å²) in [6, 6.07) is 0. The number of ketones is 2. The van der Waals surface area contributed by atoms with E-state index in [1.165, 1.54) is 17.7 Å². The van der Waals surface area contributed by atoms with E-state index in [1.807, 2.05) is 0 Å². The van der Waals surface area contributed by atoms with Gasteiger partial charge in [0.15, 0.2) is 16.6 Å². The van der Waals surface area contributed by atoms with Crippen LogP contribution in [0, 0.1) is 0 Å². The Hall–Kier alpha value is -1.82. The zero-order chi connectivity index (χ0) is 11.5. The van der Waals surface area contributed by atoms with Gasteiger partial charge in [0.25, 0.3) is 0 Å². The van der Waals surface area contributed by atoms with E-state index in [-0.39, 0.29) is 18.0 Å². The number of aryl methyl sites for hydroxylation is 1. The molecule has 0 aromatic carbocycles. The maximum Gasteiger partial charge on any atom is 0.199 e. The third-order valence-electron chi connectivity index (χ3n) is 1.98. The quantitative estimate of drug-likeness (QED) is 0.592. The Labute approximate surface area is 95.8 Å². The molecule has 0 aliphatic heterocycles. The highest BCUT2D eigenvalue weighted by Gasteiger charge is 2.16. The molecule has 0 N–H and O–H groups in total. The van der Waals surface area contributed by atoms with Gasteiger partial charge in [0.2, 0.25) is 0 Å². The van der Waals surface area contributed by atoms with E-state index in [2.05, 4.69) is 9.97 Å². The maximum absolute atomic E-state index is 11.6. The summed E-state index contributed by atoms with van der Waals surface area (Å²) in [7, 11) is 1.77. The summed E-state index contributed by atoms with van der Waals surface area (Å²) >= 11 is 1.23. The summed E-state index contributed by atoms with van der Waals surface area (Å²) in [4.78, 5) is 31.0. The van der Waals surface area contributed by atoms with Gasteiger partial charge < -0.3 is 4.57 Å². The van der Waals surface area contributed by atoms with Gasteiger partial charge in [0.05, 0.1) is 12.7 Å². The highest BCUT2D eigenvalue weighted by Crippen LogP contribution is 2.09. The first kappa shape index (κ1) is 10.7. The van der Waals surface area contributed by atoms with Gasteiger partial charge in [-0.3, -0.25) is 9.59 Å². The van der Waals surface area contributed by atoms with E-state index >= 15 is 0 Å². The third kappa shape index (κ3) is 2.22. The van der Waals surface area contributed by atoms with Crippen molar-refractivity contribution in [3.63, 3.8) is 0 Å². The number of carbonyl (C=O) groups excluding carboxylic acids is 2. The van der Waals surface area contributed by atoms with Gasteiger partial charge in [-0.1, -0.05) is 0 Å². The third-order valence-corrected chi connectivity index (χ3v) is 2.80. The molecule has 0 saturated heterocycles. The molecular weight excluding hydrogens is 226 g/mol. The molecule has 0 amide bonds. The molecule has 6 heteroatoms. The number of rotatable bonds is 4. The lowest BCUT2D eigenvalue weighted by Crippen LogP contribution is -2.08. The summed E-state index contributed by atoms with van der Waals surface area (Å²) < 4.78 is 1.67. The van der Waals surface area contributed by atoms with Crippen molar-refractivity contribution < 1.29 is 9.59 Å². The first-order valence-electron chi connectivity index (χ1n) is 4.60. The van der Waals surface area contributed by atoms with E-state index in [0.29, 0.717) is 10.7 Å². The predicted octanol–water partition coefficient (Wildman–Crippen LogP) is 1.33. The molecule has 0 fully saturated rings. The molecule has 0 unspecified atom stereocenters. The molecule has 2 heterocycles. The van der Waals surface area contributed by atoms with E-state index in [4.69, 9.17) is 0 Å². The van der Waals surface area contributed by atoms with Crippen molar-refractivity contribution in [2.75, 3.05) is 0 Å². The Morgan fingerprint density at radius 3 is 2.75 bits per heavy atom. The lowest BCUT2D eigenvalue weighted by molar-refractivity contribution is 0.0891. The molecule has 5 nitrogen and oxygen atoms in total. The van der Waals surface area contributed by atoms with Crippen molar-refractivity contribution in [3.8, 4) is 0 Å². The minimum atomic E-state index is -0.277. The maximum atomic E-state index is 11.6. The fraction of sp³-hybridized carbons (Fsp3) is 0.200. The molecular formula is C10H9N3O2S. The Bertz CT molecular complexity index is 516. The van der Waals surface area contributed by atoms with Crippen molar-refractivity contribution in [2.24, 2.45) is 7.05 Å². The van der Waals surface area contributed by atoms with Crippen LogP contribution in [0.2, 0.25) is 0 Å². The van der Waals surface area contributed by atoms with Crippen LogP contribution in [0.4, 0.5) is 0 Å². The molecule has 0 radical (unpaired) electrons. The fourth-order valence-corrected chi connectivity index (χ4v) is 1.81. The van der Waals surface area contributed by atoms with Gasteiger partial charge in [-0.15, -0.1) is 11.3 Å². The second-order valence-electron chi connectivity index (χ2n) is 3.28. The van der Waals surface area contributed by atoms with Gasteiger partial charge in [0, 0.05) is 24.8 Å². The molecule has 16 heavy (non-hydrogen) atoms. The summed E-state index contributed by atoms with van der Waals surface area (Å²) in [5, 5.41) is 2.07. The highest BCUT2D eigenvalue weighted by atomic mass is 32.1. The number of Topliss-reactive ketones (excluding diaryl/α,β-unsaturated/α-hetero) is 2. The molecule has 0 aliphatic rings. The molecule has 2 aromatic rings. The average molecular weight is 235 g/mol. The Morgan fingerprint density at radius 2 is 2.19 bits per heavy atom. The molecule has 0 atom stereocenters. The zero-order valence-electron chi connectivity index (χ0n) is 8.58. The minimum absolute atomic E-state index is 0.176. The van der Waals surface area contributed by atoms with Crippen LogP contribution in [0.15, 0.2) is 24.1 Å². The van der Waals surface area contributed by atoms with Gasteiger partial charge >= 0.3 is 0 Å². The van der Waals surface area contributed by atoms with Gasteiger partial charge in [0.1, 0.15) is 5.69 Å². The Morgan fingerprint density at radius 1 is 1.38 bits per heavy atom. The van der Waals surface area contributed by atoms with Crippen molar-refractivity contribution >= 4 is 22.9 Å². The summed E-state index contributed by atoms with van der Waals surface area (Å²) in [5.74, 6) is -0.536. The van der Waals surface area contributed by atoms with Crippen LogP contribution in [0.3, 0.4) is 0 Å². The van der Waals surface area contributed by atoms with Crippen molar-refractivity contribution in [2.45, 2.75) is 6.42 Å². The zero-order valence-corrected chi connectivity index (χ0v) is 9.40. The summed E-state index contributed by atoms with van der Waals surface area (Å²) in [6.07, 6.45) is 4.49. The summed E-state index contributed by atoms with van der Waals surface area (Å²) in [5.41, 5.74) is 0.312. The predicted molar refractivity (Wildman–Crippen MR) is 58.6 cm³/mol. The molecule has 82 valence electrons. The summed E-state index contributed by atoms with van der Waals surface area (Å²) in [6.45, 7) is 0. The number of imidazole rings is 1. The van der Waals surface area contributed by atoms with E-state index < -0.39 is 0 Å². The standard InChI is InChI=1S/C10H9N3O2S/c1-13-5-7(12-6-13)8(14)4-9(15)10-11-2-3-16-10/h2-3,5-6H,4H2,1H3. The first-order chi connectivity index (χ1) is 7.66. The van der Waals surface area contributed by atoms with Gasteiger partial charge in [-0.05, 0) is 0 Å². The van der Waals surface area contributed by atoms with Crippen LogP contribution >= 0.6 is 11.3 Å². The van der Waals surface area contributed by atoms with Crippen molar-refractivity contribution in [1.82, 2.24) is 14.5 Å². The van der Waals surface area contributed by atoms with E-state index in [1.54, 1.807) is 29.4 Å². The van der Waals surface area contributed by atoms with E-state index in [9.17, 15) is 9.59 Å². The molecule has 0 spiro atoms. The monoisotopic (exact) mass is 235 g/mol. The smallest absolute Gasteiger partial charge is 0.199 e. The normalized spacial score (nSPS) is 10.3. The van der Waals surface area contributed by atoms with E-state index in [0.717, 1.165) is 0 Å². The molecule has 2 aromatic heterocycles. The minimum Gasteiger partial charge on any atom is -0.340 e. The van der Waals surface area contributed by atoms with Gasteiger partial charge in [-0.2, -0.15) is 0 Å². The Kier molecular flexibility index (Phi) is 2.91. The largest absolute Gasteiger partial charge is 0.340 e. The molecule has 2 rings (SSSR count). The number of hydrogen-bond acceptors (Lipinski definition) is 5. The number of aromatic nitrogens is 3. The second kappa shape index (κ2) is 4.36. The van der Waals surface area contributed by atoms with Crippen LogP contribution in [-0.4, -0.2) is 26.1 Å². The highest BCUT2D eigenvalue weighted by molar-refractivity contribution is 7.11. The molecule has 0 aliphatic carbocycles. The number of carbonyl (C=O) groups is 2. The first-order valence-corrected chi connectivity index (χ1v) is 5.48. The van der Waals surface area contributed by atoms with Crippen molar-refractivity contribution in [1.29, 1.82) is 0 Å². The number of hydrogen-bond donors (Lipinski definition) is 0. The number of nitrogens with zero attached hydrogens (tertiary/aromatic N) is 3. The number of thiazole rings is 1. The van der Waals surface area contributed by atoms with Gasteiger partial charge in [-0.25, -0.2) is 9.97 Å². The van der Waals surface area contributed by atoms with Crippen LogP contribution in [-0.2, 0) is 7.05 Å². The average Bonchev–Trinajstić information content (AvgIpc) is 2.87. The van der Waals surface area contributed by atoms with Crippen LogP contribution < -0.4 is 0 Å².